The normalized spacial score (nSPS) is 11.8. The zero-order valence-corrected chi connectivity index (χ0v) is 25.2. The van der Waals surface area contributed by atoms with Crippen molar-refractivity contribution in [3.05, 3.63) is 157 Å². The summed E-state index contributed by atoms with van der Waals surface area (Å²) in [5, 5.41) is 16.5. The molecule has 0 amide bonds. The third-order valence-corrected chi connectivity index (χ3v) is 9.51. The number of rotatable bonds is 3. The molecule has 0 fully saturated rings. The molecule has 4 nitrogen and oxygen atoms in total. The van der Waals surface area contributed by atoms with Gasteiger partial charge in [-0.1, -0.05) is 78.9 Å². The van der Waals surface area contributed by atoms with Crippen molar-refractivity contribution in [1.29, 1.82) is 5.26 Å². The predicted octanol–water partition coefficient (Wildman–Crippen LogP) is 11.3. The zero-order chi connectivity index (χ0) is 31.1. The maximum absolute atomic E-state index is 9.60. The Hall–Kier alpha value is -6.57. The highest BCUT2D eigenvalue weighted by Crippen LogP contribution is 2.39. The van der Waals surface area contributed by atoms with Gasteiger partial charge in [0.1, 0.15) is 11.2 Å². The summed E-state index contributed by atoms with van der Waals surface area (Å²) in [5.41, 5.74) is 11.2. The molecule has 0 atom stereocenters. The van der Waals surface area contributed by atoms with E-state index in [0.29, 0.717) is 5.56 Å². The first-order valence-electron chi connectivity index (χ1n) is 15.7. The summed E-state index contributed by atoms with van der Waals surface area (Å²) >= 11 is 0. The van der Waals surface area contributed by atoms with E-state index in [1.165, 1.54) is 43.6 Å². The van der Waals surface area contributed by atoms with E-state index in [1.807, 2.05) is 18.2 Å². The number of para-hydroxylation sites is 4. The van der Waals surface area contributed by atoms with Crippen LogP contribution in [0.15, 0.2) is 156 Å². The number of hydrogen-bond acceptors (Lipinski definition) is 2. The SMILES string of the molecule is N#Cc1ccc2oc3ccc(-c4cc(-n5c6ccccc6c6ccccc65)cc(-n5c6ccccc6c6ccccc65)c4)cc3c2c1. The first kappa shape index (κ1) is 25.7. The van der Waals surface area contributed by atoms with Crippen molar-refractivity contribution < 1.29 is 4.42 Å². The third-order valence-electron chi connectivity index (χ3n) is 9.51. The number of nitriles is 1. The lowest BCUT2D eigenvalue weighted by atomic mass is 10.0. The number of nitrogens with zero attached hydrogens (tertiary/aromatic N) is 3. The van der Waals surface area contributed by atoms with E-state index >= 15 is 0 Å². The Kier molecular flexibility index (Phi) is 5.32. The quantitative estimate of drug-likeness (QED) is 0.203. The molecule has 0 unspecified atom stereocenters. The number of furan rings is 1. The van der Waals surface area contributed by atoms with Crippen molar-refractivity contribution >= 4 is 65.6 Å². The van der Waals surface area contributed by atoms with Crippen LogP contribution in [0.2, 0.25) is 0 Å². The standard InChI is InChI=1S/C43H25N3O/c44-26-27-17-19-42-36(21-27)37-24-28(18-20-43(37)47-42)29-22-30(45-38-13-5-1-9-32(38)33-10-2-6-14-39(33)45)25-31(23-29)46-40-15-7-3-11-34(40)35-12-4-8-16-41(35)46/h1-25H. The highest BCUT2D eigenvalue weighted by Gasteiger charge is 2.18. The fraction of sp³-hybridized carbons (Fsp3) is 0. The Labute approximate surface area is 269 Å². The van der Waals surface area contributed by atoms with Crippen molar-refractivity contribution in [2.24, 2.45) is 0 Å². The van der Waals surface area contributed by atoms with Crippen LogP contribution in [0.4, 0.5) is 0 Å². The molecular formula is C43H25N3O. The van der Waals surface area contributed by atoms with Gasteiger partial charge >= 0.3 is 0 Å². The van der Waals surface area contributed by atoms with Crippen LogP contribution in [0.25, 0.3) is 88.1 Å². The Morgan fingerprint density at radius 2 is 0.851 bits per heavy atom. The summed E-state index contributed by atoms with van der Waals surface area (Å²) in [5.74, 6) is 0. The lowest BCUT2D eigenvalue weighted by Crippen LogP contribution is -2.00. The lowest BCUT2D eigenvalue weighted by Gasteiger charge is -2.16. The molecule has 4 heteroatoms. The summed E-state index contributed by atoms with van der Waals surface area (Å²) in [6.45, 7) is 0. The first-order chi connectivity index (χ1) is 23.2. The highest BCUT2D eigenvalue weighted by atomic mass is 16.3. The summed E-state index contributed by atoms with van der Waals surface area (Å²) in [6, 6.07) is 55.7. The predicted molar refractivity (Wildman–Crippen MR) is 193 cm³/mol. The molecule has 10 rings (SSSR count). The van der Waals surface area contributed by atoms with Crippen LogP contribution < -0.4 is 0 Å². The average molecular weight is 600 g/mol. The van der Waals surface area contributed by atoms with Crippen LogP contribution in [0.5, 0.6) is 0 Å². The van der Waals surface area contributed by atoms with Gasteiger partial charge in [0.2, 0.25) is 0 Å². The van der Waals surface area contributed by atoms with E-state index in [4.69, 9.17) is 4.42 Å². The molecule has 0 aliphatic rings. The van der Waals surface area contributed by atoms with Gasteiger partial charge < -0.3 is 13.6 Å². The van der Waals surface area contributed by atoms with Gasteiger partial charge in [-0.3, -0.25) is 0 Å². The fourth-order valence-corrected chi connectivity index (χ4v) is 7.45. The minimum Gasteiger partial charge on any atom is -0.456 e. The molecule has 0 aliphatic carbocycles. The molecule has 7 aromatic carbocycles. The Bertz CT molecular complexity index is 2690. The summed E-state index contributed by atoms with van der Waals surface area (Å²) < 4.78 is 11.0. The molecule has 3 heterocycles. The van der Waals surface area contributed by atoms with Crippen molar-refractivity contribution in [3.63, 3.8) is 0 Å². The van der Waals surface area contributed by atoms with Crippen molar-refractivity contribution in [1.82, 2.24) is 9.13 Å². The molecule has 3 aromatic heterocycles. The van der Waals surface area contributed by atoms with Crippen LogP contribution in [-0.2, 0) is 0 Å². The maximum Gasteiger partial charge on any atom is 0.135 e. The van der Waals surface area contributed by atoms with Gasteiger partial charge in [0.15, 0.2) is 0 Å². The molecule has 0 saturated carbocycles. The van der Waals surface area contributed by atoms with Gasteiger partial charge in [0.25, 0.3) is 0 Å². The van der Waals surface area contributed by atoms with Gasteiger partial charge in [0, 0.05) is 43.7 Å². The fourth-order valence-electron chi connectivity index (χ4n) is 7.45. The van der Waals surface area contributed by atoms with Crippen LogP contribution in [0.3, 0.4) is 0 Å². The van der Waals surface area contributed by atoms with E-state index in [0.717, 1.165) is 44.4 Å². The highest BCUT2D eigenvalue weighted by molar-refractivity contribution is 6.11. The van der Waals surface area contributed by atoms with Gasteiger partial charge in [-0.15, -0.1) is 0 Å². The van der Waals surface area contributed by atoms with Crippen molar-refractivity contribution in [3.8, 4) is 28.6 Å². The van der Waals surface area contributed by atoms with Gasteiger partial charge in [-0.2, -0.15) is 5.26 Å². The second-order valence-electron chi connectivity index (χ2n) is 12.1. The molecule has 10 aromatic rings. The van der Waals surface area contributed by atoms with E-state index in [1.54, 1.807) is 6.07 Å². The molecule has 0 radical (unpaired) electrons. The van der Waals surface area contributed by atoms with E-state index < -0.39 is 0 Å². The topological polar surface area (TPSA) is 46.8 Å². The van der Waals surface area contributed by atoms with Crippen LogP contribution >= 0.6 is 0 Å². The Morgan fingerprint density at radius 3 is 1.34 bits per heavy atom. The number of hydrogen-bond donors (Lipinski definition) is 0. The van der Waals surface area contributed by atoms with E-state index in [-0.39, 0.29) is 0 Å². The molecule has 0 spiro atoms. The molecule has 218 valence electrons. The average Bonchev–Trinajstić information content (AvgIpc) is 3.78. The molecular weight excluding hydrogens is 574 g/mol. The Morgan fingerprint density at radius 1 is 0.404 bits per heavy atom. The van der Waals surface area contributed by atoms with Gasteiger partial charge in [-0.25, -0.2) is 0 Å². The largest absolute Gasteiger partial charge is 0.456 e. The minimum atomic E-state index is 0.618. The van der Waals surface area contributed by atoms with Crippen molar-refractivity contribution in [2.45, 2.75) is 0 Å². The summed E-state index contributed by atoms with van der Waals surface area (Å²) in [4.78, 5) is 0. The number of benzene rings is 7. The molecule has 47 heavy (non-hydrogen) atoms. The summed E-state index contributed by atoms with van der Waals surface area (Å²) in [6.07, 6.45) is 0. The second-order valence-corrected chi connectivity index (χ2v) is 12.1. The smallest absolute Gasteiger partial charge is 0.135 e. The zero-order valence-electron chi connectivity index (χ0n) is 25.2. The number of aromatic nitrogens is 2. The number of fused-ring (bicyclic) bond motifs is 9. The lowest BCUT2D eigenvalue weighted by molar-refractivity contribution is 0.669. The van der Waals surface area contributed by atoms with Crippen LogP contribution in [0.1, 0.15) is 5.56 Å². The van der Waals surface area contributed by atoms with Crippen LogP contribution in [-0.4, -0.2) is 9.13 Å². The van der Waals surface area contributed by atoms with E-state index in [2.05, 4.69) is 143 Å². The van der Waals surface area contributed by atoms with Crippen LogP contribution in [0, 0.1) is 11.3 Å². The van der Waals surface area contributed by atoms with E-state index in [9.17, 15) is 5.26 Å². The minimum absolute atomic E-state index is 0.618. The first-order valence-corrected chi connectivity index (χ1v) is 15.7. The third kappa shape index (κ3) is 3.75. The summed E-state index contributed by atoms with van der Waals surface area (Å²) in [7, 11) is 0. The molecule has 0 aliphatic heterocycles. The molecule has 0 N–H and O–H groups in total. The molecule has 0 saturated heterocycles. The van der Waals surface area contributed by atoms with Crippen molar-refractivity contribution in [2.75, 3.05) is 0 Å². The molecule has 0 bridgehead atoms. The second kappa shape index (κ2) is 9.71. The van der Waals surface area contributed by atoms with Gasteiger partial charge in [0.05, 0.1) is 33.7 Å². The monoisotopic (exact) mass is 599 g/mol. The Balaban J connectivity index is 1.31. The van der Waals surface area contributed by atoms with Gasteiger partial charge in [-0.05, 0) is 83.9 Å². The maximum atomic E-state index is 9.60.